The summed E-state index contributed by atoms with van der Waals surface area (Å²) >= 11 is 1.11. The third-order valence-corrected chi connectivity index (χ3v) is 3.29. The molecular formula is C12H9F2NO2S. The highest BCUT2D eigenvalue weighted by molar-refractivity contribution is 7.12. The molecule has 0 saturated carbocycles. The number of carbonyl (C=O) groups is 1. The smallest absolute Gasteiger partial charge is 0.346 e. The summed E-state index contributed by atoms with van der Waals surface area (Å²) in [5, 5.41) is 13.3. The van der Waals surface area contributed by atoms with Crippen LogP contribution in [0.15, 0.2) is 29.6 Å². The Morgan fingerprint density at radius 1 is 1.33 bits per heavy atom. The number of carboxylic acid groups (broad SMARTS) is 1. The highest BCUT2D eigenvalue weighted by Crippen LogP contribution is 2.20. The van der Waals surface area contributed by atoms with Crippen LogP contribution in [0.2, 0.25) is 0 Å². The summed E-state index contributed by atoms with van der Waals surface area (Å²) in [6.45, 7) is 0.174. The lowest BCUT2D eigenvalue weighted by atomic mass is 10.2. The van der Waals surface area contributed by atoms with Gasteiger partial charge in [0.1, 0.15) is 16.5 Å². The molecule has 0 radical (unpaired) electrons. The average Bonchev–Trinajstić information content (AvgIpc) is 2.76. The maximum absolute atomic E-state index is 13.3. The molecule has 2 rings (SSSR count). The first-order chi connectivity index (χ1) is 8.58. The molecule has 1 heterocycles. The van der Waals surface area contributed by atoms with Crippen molar-refractivity contribution in [2.75, 3.05) is 5.32 Å². The van der Waals surface area contributed by atoms with Crippen LogP contribution in [0.25, 0.3) is 0 Å². The summed E-state index contributed by atoms with van der Waals surface area (Å²) in [6, 6.07) is 4.84. The van der Waals surface area contributed by atoms with E-state index in [0.29, 0.717) is 5.56 Å². The van der Waals surface area contributed by atoms with Crippen LogP contribution in [0.1, 0.15) is 15.2 Å². The van der Waals surface area contributed by atoms with Crippen LogP contribution in [-0.2, 0) is 6.54 Å². The van der Waals surface area contributed by atoms with Crippen molar-refractivity contribution in [2.24, 2.45) is 0 Å². The van der Waals surface area contributed by atoms with Crippen molar-refractivity contribution in [3.8, 4) is 0 Å². The van der Waals surface area contributed by atoms with Crippen LogP contribution in [0.5, 0.6) is 0 Å². The Morgan fingerprint density at radius 2 is 2.11 bits per heavy atom. The predicted molar refractivity (Wildman–Crippen MR) is 65.0 cm³/mol. The number of nitrogens with one attached hydrogen (secondary N) is 1. The van der Waals surface area contributed by atoms with Crippen molar-refractivity contribution < 1.29 is 18.7 Å². The van der Waals surface area contributed by atoms with Crippen molar-refractivity contribution in [3.63, 3.8) is 0 Å². The van der Waals surface area contributed by atoms with Gasteiger partial charge >= 0.3 is 5.97 Å². The minimum Gasteiger partial charge on any atom is -0.477 e. The van der Waals surface area contributed by atoms with E-state index >= 15 is 0 Å². The first-order valence-electron chi connectivity index (χ1n) is 5.06. The van der Waals surface area contributed by atoms with E-state index in [4.69, 9.17) is 5.11 Å². The van der Waals surface area contributed by atoms with Crippen LogP contribution in [0, 0.1) is 11.6 Å². The summed E-state index contributed by atoms with van der Waals surface area (Å²) in [6.07, 6.45) is 0. The topological polar surface area (TPSA) is 49.3 Å². The number of thiophene rings is 1. The number of carboxylic acids is 1. The maximum atomic E-state index is 13.3. The van der Waals surface area contributed by atoms with E-state index in [9.17, 15) is 13.6 Å². The minimum atomic E-state index is -1.01. The average molecular weight is 269 g/mol. The van der Waals surface area contributed by atoms with Gasteiger partial charge in [-0.1, -0.05) is 0 Å². The fourth-order valence-corrected chi connectivity index (χ4v) is 2.25. The molecule has 0 atom stereocenters. The molecule has 6 heteroatoms. The number of benzene rings is 1. The molecule has 0 saturated heterocycles. The zero-order valence-corrected chi connectivity index (χ0v) is 9.93. The van der Waals surface area contributed by atoms with E-state index < -0.39 is 17.6 Å². The summed E-state index contributed by atoms with van der Waals surface area (Å²) in [5.41, 5.74) is 0.704. The van der Waals surface area contributed by atoms with Gasteiger partial charge in [-0.15, -0.1) is 11.3 Å². The van der Waals surface area contributed by atoms with Gasteiger partial charge in [0.2, 0.25) is 0 Å². The first kappa shape index (κ1) is 12.5. The molecule has 0 spiro atoms. The number of hydrogen-bond donors (Lipinski definition) is 2. The Bertz CT molecular complexity index is 583. The molecule has 0 aliphatic heterocycles. The molecule has 0 bridgehead atoms. The highest BCUT2D eigenvalue weighted by atomic mass is 32.1. The van der Waals surface area contributed by atoms with Gasteiger partial charge in [0.05, 0.1) is 5.69 Å². The van der Waals surface area contributed by atoms with Crippen molar-refractivity contribution >= 4 is 23.0 Å². The van der Waals surface area contributed by atoms with Crippen LogP contribution < -0.4 is 5.32 Å². The molecule has 0 aliphatic carbocycles. The maximum Gasteiger partial charge on any atom is 0.346 e. The van der Waals surface area contributed by atoms with Crippen molar-refractivity contribution in [3.05, 3.63) is 51.7 Å². The number of rotatable bonds is 4. The fourth-order valence-electron chi connectivity index (χ4n) is 1.49. The second-order valence-corrected chi connectivity index (χ2v) is 4.47. The molecule has 0 amide bonds. The molecule has 2 aromatic rings. The Balaban J connectivity index is 2.11. The minimum absolute atomic E-state index is 0.138. The van der Waals surface area contributed by atoms with Gasteiger partial charge < -0.3 is 10.4 Å². The van der Waals surface area contributed by atoms with Crippen molar-refractivity contribution in [2.45, 2.75) is 6.54 Å². The quantitative estimate of drug-likeness (QED) is 0.895. The van der Waals surface area contributed by atoms with E-state index in [1.807, 2.05) is 0 Å². The third-order valence-electron chi connectivity index (χ3n) is 2.34. The standard InChI is InChI=1S/C12H9F2NO2S/c13-8-1-2-10(9(14)5-8)15-6-7-3-4-18-11(7)12(16)17/h1-5,15H,6H2,(H,16,17). The van der Waals surface area contributed by atoms with Crippen LogP contribution in [0.4, 0.5) is 14.5 Å². The Labute approximate surface area is 106 Å². The van der Waals surface area contributed by atoms with E-state index in [-0.39, 0.29) is 17.1 Å². The number of hydrogen-bond acceptors (Lipinski definition) is 3. The Morgan fingerprint density at radius 3 is 2.78 bits per heavy atom. The SMILES string of the molecule is O=C(O)c1sccc1CNc1ccc(F)cc1F. The summed E-state index contributed by atoms with van der Waals surface area (Å²) in [5.74, 6) is -2.37. The largest absolute Gasteiger partial charge is 0.477 e. The molecule has 18 heavy (non-hydrogen) atoms. The molecule has 3 nitrogen and oxygen atoms in total. The van der Waals surface area contributed by atoms with E-state index in [1.54, 1.807) is 11.4 Å². The molecule has 0 aliphatic rings. The second-order valence-electron chi connectivity index (χ2n) is 3.56. The summed E-state index contributed by atoms with van der Waals surface area (Å²) < 4.78 is 26.0. The van der Waals surface area contributed by atoms with Crippen LogP contribution >= 0.6 is 11.3 Å². The Hall–Kier alpha value is -1.95. The molecular weight excluding hydrogens is 260 g/mol. The fraction of sp³-hybridized carbons (Fsp3) is 0.0833. The van der Waals surface area contributed by atoms with Gasteiger partial charge in [0.25, 0.3) is 0 Å². The van der Waals surface area contributed by atoms with Crippen LogP contribution in [0.3, 0.4) is 0 Å². The van der Waals surface area contributed by atoms with Crippen molar-refractivity contribution in [1.29, 1.82) is 0 Å². The van der Waals surface area contributed by atoms with Gasteiger partial charge in [-0.3, -0.25) is 0 Å². The molecule has 1 aromatic heterocycles. The van der Waals surface area contributed by atoms with Gasteiger partial charge in [-0.05, 0) is 29.1 Å². The van der Waals surface area contributed by atoms with E-state index in [2.05, 4.69) is 5.32 Å². The van der Waals surface area contributed by atoms with Gasteiger partial charge in [-0.2, -0.15) is 0 Å². The molecule has 2 N–H and O–H groups in total. The van der Waals surface area contributed by atoms with Gasteiger partial charge in [-0.25, -0.2) is 13.6 Å². The predicted octanol–water partition coefficient (Wildman–Crippen LogP) is 3.34. The lowest BCUT2D eigenvalue weighted by molar-refractivity contribution is 0.0701. The highest BCUT2D eigenvalue weighted by Gasteiger charge is 2.12. The zero-order valence-electron chi connectivity index (χ0n) is 9.11. The van der Waals surface area contributed by atoms with Gasteiger partial charge in [0, 0.05) is 12.6 Å². The third kappa shape index (κ3) is 2.65. The summed E-state index contributed by atoms with van der Waals surface area (Å²) in [4.78, 5) is 11.1. The first-order valence-corrected chi connectivity index (χ1v) is 5.94. The van der Waals surface area contributed by atoms with Crippen molar-refractivity contribution in [1.82, 2.24) is 0 Å². The normalized spacial score (nSPS) is 10.3. The monoisotopic (exact) mass is 269 g/mol. The molecule has 94 valence electrons. The molecule has 1 aromatic carbocycles. The van der Waals surface area contributed by atoms with Crippen LogP contribution in [-0.4, -0.2) is 11.1 Å². The molecule has 0 unspecified atom stereocenters. The van der Waals surface area contributed by atoms with Gasteiger partial charge in [0.15, 0.2) is 0 Å². The lowest BCUT2D eigenvalue weighted by Crippen LogP contribution is -2.05. The number of aromatic carboxylic acids is 1. The lowest BCUT2D eigenvalue weighted by Gasteiger charge is -2.07. The molecule has 0 fully saturated rings. The summed E-state index contributed by atoms with van der Waals surface area (Å²) in [7, 11) is 0. The number of halogens is 2. The van der Waals surface area contributed by atoms with E-state index in [1.165, 1.54) is 6.07 Å². The van der Waals surface area contributed by atoms with E-state index in [0.717, 1.165) is 23.5 Å². The number of anilines is 1. The zero-order chi connectivity index (χ0) is 13.1. The second kappa shape index (κ2) is 5.14. The Kier molecular flexibility index (Phi) is 3.57.